The number of benzene rings is 1. The summed E-state index contributed by atoms with van der Waals surface area (Å²) in [5.74, 6) is 0.192. The third-order valence-electron chi connectivity index (χ3n) is 1.82. The molecule has 0 fully saturated rings. The maximum atomic E-state index is 11.3. The van der Waals surface area contributed by atoms with Crippen molar-refractivity contribution in [2.24, 2.45) is 0 Å². The Labute approximate surface area is 94.6 Å². The van der Waals surface area contributed by atoms with Crippen molar-refractivity contribution in [2.75, 3.05) is 20.6 Å². The lowest BCUT2D eigenvalue weighted by molar-refractivity contribution is -0.135. The van der Waals surface area contributed by atoms with Gasteiger partial charge < -0.3 is 4.74 Å². The van der Waals surface area contributed by atoms with E-state index < -0.39 is 0 Å². The first-order valence-electron chi connectivity index (χ1n) is 4.60. The van der Waals surface area contributed by atoms with Crippen molar-refractivity contribution in [1.29, 1.82) is 0 Å². The van der Waals surface area contributed by atoms with Gasteiger partial charge in [-0.25, -0.2) is 0 Å². The molecule has 0 aliphatic carbocycles. The molecule has 0 amide bonds. The van der Waals surface area contributed by atoms with E-state index in [2.05, 4.69) is 0 Å². The van der Waals surface area contributed by atoms with Crippen LogP contribution in [0.5, 0.6) is 5.75 Å². The topological polar surface area (TPSA) is 29.5 Å². The van der Waals surface area contributed by atoms with Crippen molar-refractivity contribution < 1.29 is 9.53 Å². The summed E-state index contributed by atoms with van der Waals surface area (Å²) >= 11 is 5.90. The molecule has 0 saturated carbocycles. The van der Waals surface area contributed by atoms with Gasteiger partial charge in [0.1, 0.15) is 5.75 Å². The molecule has 0 heterocycles. The second kappa shape index (κ2) is 5.14. The first kappa shape index (κ1) is 12.0. The maximum absolute atomic E-state index is 11.3. The lowest BCUT2D eigenvalue weighted by Crippen LogP contribution is -2.25. The lowest BCUT2D eigenvalue weighted by Gasteiger charge is -2.09. The van der Waals surface area contributed by atoms with Crippen LogP contribution in [-0.4, -0.2) is 31.5 Å². The highest BCUT2D eigenvalue weighted by Gasteiger charge is 2.06. The highest BCUT2D eigenvalue weighted by molar-refractivity contribution is 6.31. The number of nitrogens with zero attached hydrogens (tertiary/aromatic N) is 1. The average molecular weight is 228 g/mol. The quantitative estimate of drug-likeness (QED) is 0.585. The van der Waals surface area contributed by atoms with E-state index in [4.69, 9.17) is 16.3 Å². The second-order valence-corrected chi connectivity index (χ2v) is 4.03. The molecule has 1 aromatic rings. The number of rotatable bonds is 3. The monoisotopic (exact) mass is 227 g/mol. The molecule has 0 N–H and O–H groups in total. The predicted octanol–water partition coefficient (Wildman–Crippen LogP) is 2.12. The molecule has 82 valence electrons. The summed E-state index contributed by atoms with van der Waals surface area (Å²) in [6, 6.07) is 5.19. The van der Waals surface area contributed by atoms with Gasteiger partial charge in [0.25, 0.3) is 0 Å². The zero-order valence-corrected chi connectivity index (χ0v) is 9.84. The number of carbonyl (C=O) groups is 1. The number of aryl methyl sites for hydroxylation is 1. The summed E-state index contributed by atoms with van der Waals surface area (Å²) in [4.78, 5) is 13.1. The zero-order valence-electron chi connectivity index (χ0n) is 9.08. The summed E-state index contributed by atoms with van der Waals surface area (Å²) < 4.78 is 5.10. The van der Waals surface area contributed by atoms with E-state index >= 15 is 0 Å². The van der Waals surface area contributed by atoms with E-state index in [-0.39, 0.29) is 12.5 Å². The van der Waals surface area contributed by atoms with Crippen molar-refractivity contribution in [3.05, 3.63) is 28.8 Å². The van der Waals surface area contributed by atoms with Crippen LogP contribution < -0.4 is 4.74 Å². The van der Waals surface area contributed by atoms with Gasteiger partial charge in [0.15, 0.2) is 0 Å². The Morgan fingerprint density at radius 1 is 1.47 bits per heavy atom. The molecule has 4 heteroatoms. The number of likely N-dealkylation sites (N-methyl/N-ethyl adjacent to an activating group) is 1. The molecule has 0 spiro atoms. The van der Waals surface area contributed by atoms with Crippen LogP contribution in [0.25, 0.3) is 0 Å². The molecular formula is C11H14ClNO2. The Morgan fingerprint density at radius 2 is 2.13 bits per heavy atom. The summed E-state index contributed by atoms with van der Waals surface area (Å²) in [6.07, 6.45) is 0. The molecule has 0 aromatic heterocycles. The number of ether oxygens (including phenoxy) is 1. The Bertz CT molecular complexity index is 364. The SMILES string of the molecule is Cc1ccc(OC(=O)CN(C)C)cc1Cl. The normalized spacial score (nSPS) is 10.5. The van der Waals surface area contributed by atoms with Gasteiger partial charge in [0, 0.05) is 5.02 Å². The fraction of sp³-hybridized carbons (Fsp3) is 0.364. The Hall–Kier alpha value is -1.06. The van der Waals surface area contributed by atoms with Gasteiger partial charge in [0.05, 0.1) is 6.54 Å². The van der Waals surface area contributed by atoms with Crippen molar-refractivity contribution in [1.82, 2.24) is 4.90 Å². The van der Waals surface area contributed by atoms with Gasteiger partial charge in [-0.3, -0.25) is 9.69 Å². The van der Waals surface area contributed by atoms with Crippen LogP contribution in [0.2, 0.25) is 5.02 Å². The molecule has 3 nitrogen and oxygen atoms in total. The number of carbonyl (C=O) groups excluding carboxylic acids is 1. The van der Waals surface area contributed by atoms with Crippen molar-refractivity contribution >= 4 is 17.6 Å². The second-order valence-electron chi connectivity index (χ2n) is 3.62. The van der Waals surface area contributed by atoms with Crippen LogP contribution in [-0.2, 0) is 4.79 Å². The van der Waals surface area contributed by atoms with Crippen LogP contribution in [0.4, 0.5) is 0 Å². The molecule has 1 rings (SSSR count). The maximum Gasteiger partial charge on any atom is 0.325 e. The highest BCUT2D eigenvalue weighted by Crippen LogP contribution is 2.21. The summed E-state index contributed by atoms with van der Waals surface area (Å²) in [5, 5.41) is 0.602. The summed E-state index contributed by atoms with van der Waals surface area (Å²) in [5.41, 5.74) is 0.962. The van der Waals surface area contributed by atoms with Gasteiger partial charge in [0.2, 0.25) is 0 Å². The number of esters is 1. The van der Waals surface area contributed by atoms with Gasteiger partial charge in [-0.15, -0.1) is 0 Å². The smallest absolute Gasteiger partial charge is 0.325 e. The molecule has 0 aliphatic heterocycles. The van der Waals surface area contributed by atoms with Crippen molar-refractivity contribution in [3.8, 4) is 5.75 Å². The molecule has 15 heavy (non-hydrogen) atoms. The standard InChI is InChI=1S/C11H14ClNO2/c1-8-4-5-9(6-10(8)12)15-11(14)7-13(2)3/h4-6H,7H2,1-3H3. The molecule has 0 unspecified atom stereocenters. The van der Waals surface area contributed by atoms with E-state index in [1.165, 1.54) is 0 Å². The zero-order chi connectivity index (χ0) is 11.4. The van der Waals surface area contributed by atoms with E-state index in [1.807, 2.05) is 27.1 Å². The van der Waals surface area contributed by atoms with Crippen LogP contribution in [0, 0.1) is 6.92 Å². The van der Waals surface area contributed by atoms with Crippen LogP contribution in [0.1, 0.15) is 5.56 Å². The minimum Gasteiger partial charge on any atom is -0.426 e. The Balaban J connectivity index is 2.65. The number of hydrogen-bond acceptors (Lipinski definition) is 3. The van der Waals surface area contributed by atoms with E-state index in [9.17, 15) is 4.79 Å². The first-order chi connectivity index (χ1) is 6.99. The first-order valence-corrected chi connectivity index (χ1v) is 4.98. The fourth-order valence-corrected chi connectivity index (χ4v) is 1.23. The fourth-order valence-electron chi connectivity index (χ4n) is 1.06. The molecule has 0 bridgehead atoms. The van der Waals surface area contributed by atoms with Crippen LogP contribution in [0.15, 0.2) is 18.2 Å². The lowest BCUT2D eigenvalue weighted by atomic mass is 10.2. The molecule has 0 radical (unpaired) electrons. The van der Waals surface area contributed by atoms with E-state index in [0.717, 1.165) is 5.56 Å². The minimum absolute atomic E-state index is 0.255. The van der Waals surface area contributed by atoms with Gasteiger partial charge >= 0.3 is 5.97 Å². The van der Waals surface area contributed by atoms with Crippen LogP contribution in [0.3, 0.4) is 0 Å². The van der Waals surface area contributed by atoms with Crippen molar-refractivity contribution in [2.45, 2.75) is 6.92 Å². The van der Waals surface area contributed by atoms with Gasteiger partial charge in [-0.1, -0.05) is 17.7 Å². The van der Waals surface area contributed by atoms with E-state index in [1.54, 1.807) is 17.0 Å². The highest BCUT2D eigenvalue weighted by atomic mass is 35.5. The third kappa shape index (κ3) is 3.90. The molecule has 0 saturated heterocycles. The largest absolute Gasteiger partial charge is 0.426 e. The van der Waals surface area contributed by atoms with Crippen LogP contribution >= 0.6 is 11.6 Å². The Morgan fingerprint density at radius 3 is 2.67 bits per heavy atom. The number of hydrogen-bond donors (Lipinski definition) is 0. The predicted molar refractivity (Wildman–Crippen MR) is 60.4 cm³/mol. The van der Waals surface area contributed by atoms with Gasteiger partial charge in [-0.05, 0) is 38.7 Å². The molecule has 0 atom stereocenters. The third-order valence-corrected chi connectivity index (χ3v) is 2.23. The van der Waals surface area contributed by atoms with Crippen molar-refractivity contribution in [3.63, 3.8) is 0 Å². The molecule has 0 aliphatic rings. The minimum atomic E-state index is -0.292. The molecular weight excluding hydrogens is 214 g/mol. The summed E-state index contributed by atoms with van der Waals surface area (Å²) in [7, 11) is 3.62. The Kier molecular flexibility index (Phi) is 4.12. The molecule has 1 aromatic carbocycles. The summed E-state index contributed by atoms with van der Waals surface area (Å²) in [6.45, 7) is 2.15. The van der Waals surface area contributed by atoms with Gasteiger partial charge in [-0.2, -0.15) is 0 Å². The van der Waals surface area contributed by atoms with E-state index in [0.29, 0.717) is 10.8 Å². The average Bonchev–Trinajstić information content (AvgIpc) is 2.10. The number of halogens is 1.